The summed E-state index contributed by atoms with van der Waals surface area (Å²) in [4.78, 5) is 43.2. The number of piperidine rings is 1. The number of nitrogens with one attached hydrogen (secondary N) is 1. The lowest BCUT2D eigenvalue weighted by Gasteiger charge is -2.44. The predicted octanol–water partition coefficient (Wildman–Crippen LogP) is 3.22. The fourth-order valence-corrected chi connectivity index (χ4v) is 4.74. The largest absolute Gasteiger partial charge is 0.497 e. The molecule has 2 aliphatic heterocycles. The minimum Gasteiger partial charge on any atom is -0.497 e. The minimum atomic E-state index is -1.02. The molecule has 9 heteroatoms. The molecule has 4 rings (SSSR count). The van der Waals surface area contributed by atoms with Crippen molar-refractivity contribution in [2.24, 2.45) is 0 Å². The highest BCUT2D eigenvalue weighted by Gasteiger charge is 2.54. The van der Waals surface area contributed by atoms with E-state index in [1.807, 2.05) is 13.8 Å². The van der Waals surface area contributed by atoms with Gasteiger partial charge in [-0.15, -0.1) is 0 Å². The molecule has 2 aromatic rings. The molecule has 1 spiro atoms. The Balaban J connectivity index is 1.58. The first-order chi connectivity index (χ1) is 17.3. The van der Waals surface area contributed by atoms with Gasteiger partial charge in [0.05, 0.1) is 13.7 Å². The van der Waals surface area contributed by atoms with E-state index in [1.54, 1.807) is 34.1 Å². The second-order valence-corrected chi connectivity index (χ2v) is 9.30. The van der Waals surface area contributed by atoms with Crippen LogP contribution in [0.3, 0.4) is 0 Å². The molecule has 0 unspecified atom stereocenters. The number of likely N-dealkylation sites (tertiary alicyclic amines) is 1. The zero-order valence-electron chi connectivity index (χ0n) is 20.8. The maximum absolute atomic E-state index is 13.8. The number of ether oxygens (including phenoxy) is 2. The van der Waals surface area contributed by atoms with Gasteiger partial charge >= 0.3 is 0 Å². The molecular weight excluding hydrogens is 465 g/mol. The summed E-state index contributed by atoms with van der Waals surface area (Å²) in [6.07, 6.45) is 1.46. The van der Waals surface area contributed by atoms with Crippen LogP contribution in [0.5, 0.6) is 5.75 Å². The molecule has 36 heavy (non-hydrogen) atoms. The number of methoxy groups -OCH3 is 1. The normalized spacial score (nSPS) is 19.7. The first-order valence-corrected chi connectivity index (χ1v) is 12.2. The second-order valence-electron chi connectivity index (χ2n) is 9.30. The Kier molecular flexibility index (Phi) is 7.59. The van der Waals surface area contributed by atoms with Gasteiger partial charge in [0.15, 0.2) is 0 Å². The monoisotopic (exact) mass is 497 g/mol. The number of hydrogen-bond donors (Lipinski definition) is 1. The maximum Gasteiger partial charge on any atom is 0.257 e. The molecule has 2 aliphatic rings. The summed E-state index contributed by atoms with van der Waals surface area (Å²) in [7, 11) is 1.53. The summed E-state index contributed by atoms with van der Waals surface area (Å²) < 4.78 is 24.8. The van der Waals surface area contributed by atoms with Crippen molar-refractivity contribution in [3.8, 4) is 5.75 Å². The van der Waals surface area contributed by atoms with Gasteiger partial charge in [-0.2, -0.15) is 0 Å². The third kappa shape index (κ3) is 5.06. The third-order valence-corrected chi connectivity index (χ3v) is 7.02. The molecule has 0 saturated carbocycles. The van der Waals surface area contributed by atoms with Crippen LogP contribution >= 0.6 is 0 Å². The number of hydrogen-bond acceptors (Lipinski definition) is 5. The van der Waals surface area contributed by atoms with Gasteiger partial charge in [-0.1, -0.05) is 13.0 Å². The zero-order valence-corrected chi connectivity index (χ0v) is 20.8. The highest BCUT2D eigenvalue weighted by Crippen LogP contribution is 2.39. The number of carbonyl (C=O) groups excluding carboxylic acids is 3. The Morgan fingerprint density at radius 2 is 1.81 bits per heavy atom. The van der Waals surface area contributed by atoms with Crippen LogP contribution in [0.2, 0.25) is 0 Å². The van der Waals surface area contributed by atoms with Gasteiger partial charge in [0.25, 0.3) is 11.8 Å². The van der Waals surface area contributed by atoms with Gasteiger partial charge < -0.3 is 19.7 Å². The van der Waals surface area contributed by atoms with Gasteiger partial charge in [0.2, 0.25) is 5.91 Å². The third-order valence-electron chi connectivity index (χ3n) is 7.02. The summed E-state index contributed by atoms with van der Waals surface area (Å²) in [6, 6.07) is 11.4. The number of benzene rings is 2. The molecule has 192 valence electrons. The fourth-order valence-electron chi connectivity index (χ4n) is 4.74. The molecule has 0 aromatic heterocycles. The molecule has 2 atom stereocenters. The molecule has 0 radical (unpaired) electrons. The smallest absolute Gasteiger partial charge is 0.257 e. The number of carbonyl (C=O) groups is 3. The highest BCUT2D eigenvalue weighted by atomic mass is 19.1. The van der Waals surface area contributed by atoms with E-state index in [0.717, 1.165) is 6.42 Å². The molecule has 2 heterocycles. The van der Waals surface area contributed by atoms with Crippen LogP contribution in [0.25, 0.3) is 0 Å². The Bertz CT molecular complexity index is 1110. The Labute approximate surface area is 210 Å². The van der Waals surface area contributed by atoms with E-state index >= 15 is 0 Å². The standard InChI is InChI=1S/C27H32FN3O5/c1-4-18(2)29-24(32)23-17-36-27(31(23)26(34)20-6-5-7-22(16-20)35-3)12-14-30(15-13-27)25(33)19-8-10-21(28)11-9-19/h5-11,16,18,23H,4,12-15,17H2,1-3H3,(H,29,32)/t18-,23+/m0/s1. The second kappa shape index (κ2) is 10.7. The van der Waals surface area contributed by atoms with Crippen LogP contribution in [0.1, 0.15) is 53.8 Å². The van der Waals surface area contributed by atoms with Crippen molar-refractivity contribution in [1.29, 1.82) is 0 Å². The van der Waals surface area contributed by atoms with Crippen molar-refractivity contribution in [2.75, 3.05) is 26.8 Å². The first kappa shape index (κ1) is 25.6. The van der Waals surface area contributed by atoms with Crippen LogP contribution in [-0.2, 0) is 9.53 Å². The Morgan fingerprint density at radius 1 is 1.11 bits per heavy atom. The van der Waals surface area contributed by atoms with Gasteiger partial charge in [0, 0.05) is 43.1 Å². The van der Waals surface area contributed by atoms with E-state index in [0.29, 0.717) is 42.8 Å². The summed E-state index contributed by atoms with van der Waals surface area (Å²) in [6.45, 7) is 4.63. The molecular formula is C27H32FN3O5. The van der Waals surface area contributed by atoms with Gasteiger partial charge in [-0.25, -0.2) is 4.39 Å². The molecule has 3 amide bonds. The number of amides is 3. The molecule has 2 aromatic carbocycles. The lowest BCUT2D eigenvalue weighted by Crippen LogP contribution is -2.60. The molecule has 0 aliphatic carbocycles. The quantitative estimate of drug-likeness (QED) is 0.662. The van der Waals surface area contributed by atoms with Crippen molar-refractivity contribution < 1.29 is 28.2 Å². The van der Waals surface area contributed by atoms with Crippen LogP contribution in [0.4, 0.5) is 4.39 Å². The first-order valence-electron chi connectivity index (χ1n) is 12.2. The summed E-state index contributed by atoms with van der Waals surface area (Å²) >= 11 is 0. The van der Waals surface area contributed by atoms with Gasteiger partial charge in [-0.05, 0) is 55.8 Å². The number of halogens is 1. The van der Waals surface area contributed by atoms with Crippen LogP contribution in [-0.4, -0.2) is 72.1 Å². The van der Waals surface area contributed by atoms with Crippen molar-refractivity contribution in [2.45, 2.75) is 50.9 Å². The number of nitrogens with zero attached hydrogens (tertiary/aromatic N) is 2. The highest BCUT2D eigenvalue weighted by molar-refractivity contribution is 5.99. The van der Waals surface area contributed by atoms with Crippen LogP contribution in [0.15, 0.2) is 48.5 Å². The average Bonchev–Trinajstić information content (AvgIpc) is 3.27. The molecule has 8 nitrogen and oxygen atoms in total. The molecule has 1 N–H and O–H groups in total. The topological polar surface area (TPSA) is 88.2 Å². The van der Waals surface area contributed by atoms with Gasteiger partial charge in [0.1, 0.15) is 23.3 Å². The van der Waals surface area contributed by atoms with E-state index in [-0.39, 0.29) is 30.4 Å². The summed E-state index contributed by atoms with van der Waals surface area (Å²) in [5.74, 6) is -0.664. The Morgan fingerprint density at radius 3 is 2.44 bits per heavy atom. The van der Waals surface area contributed by atoms with Gasteiger partial charge in [-0.3, -0.25) is 19.3 Å². The van der Waals surface area contributed by atoms with Crippen molar-refractivity contribution >= 4 is 17.7 Å². The number of rotatable bonds is 6. The van der Waals surface area contributed by atoms with E-state index in [9.17, 15) is 18.8 Å². The lowest BCUT2D eigenvalue weighted by atomic mass is 9.96. The average molecular weight is 498 g/mol. The SMILES string of the molecule is CC[C@H](C)NC(=O)[C@H]1COC2(CCN(C(=O)c3ccc(F)cc3)CC2)N1C(=O)c1cccc(OC)c1. The Hall–Kier alpha value is -3.46. The molecule has 0 bridgehead atoms. The van der Waals surface area contributed by atoms with Crippen molar-refractivity contribution in [3.63, 3.8) is 0 Å². The predicted molar refractivity (Wildman–Crippen MR) is 131 cm³/mol. The van der Waals surface area contributed by atoms with Crippen LogP contribution < -0.4 is 10.1 Å². The van der Waals surface area contributed by atoms with E-state index < -0.39 is 17.6 Å². The minimum absolute atomic E-state index is 0.0435. The maximum atomic E-state index is 13.8. The van der Waals surface area contributed by atoms with E-state index in [1.165, 1.54) is 31.4 Å². The van der Waals surface area contributed by atoms with Crippen molar-refractivity contribution in [1.82, 2.24) is 15.1 Å². The van der Waals surface area contributed by atoms with Crippen molar-refractivity contribution in [3.05, 3.63) is 65.5 Å². The molecule has 2 saturated heterocycles. The molecule has 2 fully saturated rings. The van der Waals surface area contributed by atoms with Crippen LogP contribution in [0, 0.1) is 5.82 Å². The lowest BCUT2D eigenvalue weighted by molar-refractivity contribution is -0.128. The fraction of sp³-hybridized carbons (Fsp3) is 0.444. The zero-order chi connectivity index (χ0) is 25.9. The summed E-state index contributed by atoms with van der Waals surface area (Å²) in [5.41, 5.74) is -0.225. The van der Waals surface area contributed by atoms with E-state index in [4.69, 9.17) is 9.47 Å². The van der Waals surface area contributed by atoms with E-state index in [2.05, 4.69) is 5.32 Å². The summed E-state index contributed by atoms with van der Waals surface area (Å²) in [5, 5.41) is 2.97.